The molecule has 0 saturated carbocycles. The minimum atomic E-state index is -0.509. The molecule has 0 aliphatic heterocycles. The summed E-state index contributed by atoms with van der Waals surface area (Å²) >= 11 is 3.21. The predicted molar refractivity (Wildman–Crippen MR) is 114 cm³/mol. The number of hydrogen-bond acceptors (Lipinski definition) is 4. The van der Waals surface area contributed by atoms with Gasteiger partial charge >= 0.3 is 0 Å². The van der Waals surface area contributed by atoms with E-state index in [1.807, 2.05) is 16.8 Å². The van der Waals surface area contributed by atoms with Crippen molar-refractivity contribution in [3.63, 3.8) is 0 Å². The van der Waals surface area contributed by atoms with Crippen molar-refractivity contribution >= 4 is 33.4 Å². The van der Waals surface area contributed by atoms with Gasteiger partial charge in [-0.3, -0.25) is 9.59 Å². The number of amides is 2. The minimum absolute atomic E-state index is 0.0576. The number of imidazole rings is 1. The van der Waals surface area contributed by atoms with E-state index >= 15 is 0 Å². The fourth-order valence-electron chi connectivity index (χ4n) is 2.64. The molecular formula is C21H20BrFN4O3. The van der Waals surface area contributed by atoms with Gasteiger partial charge in [-0.05, 0) is 46.3 Å². The lowest BCUT2D eigenvalue weighted by Crippen LogP contribution is -2.28. The molecule has 0 spiro atoms. The Morgan fingerprint density at radius 1 is 1.20 bits per heavy atom. The van der Waals surface area contributed by atoms with E-state index in [9.17, 15) is 14.0 Å². The monoisotopic (exact) mass is 474 g/mol. The summed E-state index contributed by atoms with van der Waals surface area (Å²) in [5.74, 6) is -0.693. The molecular weight excluding hydrogens is 455 g/mol. The van der Waals surface area contributed by atoms with Gasteiger partial charge in [0.2, 0.25) is 5.91 Å². The van der Waals surface area contributed by atoms with Gasteiger partial charge in [-0.2, -0.15) is 0 Å². The van der Waals surface area contributed by atoms with Crippen molar-refractivity contribution in [1.82, 2.24) is 14.9 Å². The smallest absolute Gasteiger partial charge is 0.252 e. The molecule has 0 bridgehead atoms. The average molecular weight is 475 g/mol. The molecule has 0 radical (unpaired) electrons. The van der Waals surface area contributed by atoms with E-state index in [-0.39, 0.29) is 24.4 Å². The van der Waals surface area contributed by atoms with Crippen LogP contribution in [0.1, 0.15) is 16.8 Å². The summed E-state index contributed by atoms with van der Waals surface area (Å²) in [5, 5.41) is 5.40. The lowest BCUT2D eigenvalue weighted by molar-refractivity contribution is -0.116. The summed E-state index contributed by atoms with van der Waals surface area (Å²) in [5.41, 5.74) is 0.722. The number of ether oxygens (including phenoxy) is 1. The van der Waals surface area contributed by atoms with Gasteiger partial charge in [0.15, 0.2) is 0 Å². The van der Waals surface area contributed by atoms with Gasteiger partial charge in [-0.15, -0.1) is 0 Å². The number of aromatic nitrogens is 2. The number of anilines is 1. The van der Waals surface area contributed by atoms with Crippen LogP contribution in [0.25, 0.3) is 0 Å². The van der Waals surface area contributed by atoms with E-state index in [2.05, 4.69) is 31.5 Å². The molecule has 0 aliphatic rings. The minimum Gasteiger partial charge on any atom is -0.490 e. The first-order valence-corrected chi connectivity index (χ1v) is 10.0. The summed E-state index contributed by atoms with van der Waals surface area (Å²) in [4.78, 5) is 28.4. The number of benzene rings is 2. The molecule has 2 N–H and O–H groups in total. The summed E-state index contributed by atoms with van der Waals surface area (Å²) in [6.07, 6.45) is 5.30. The van der Waals surface area contributed by atoms with Gasteiger partial charge in [0, 0.05) is 29.8 Å². The third-order valence-corrected chi connectivity index (χ3v) is 4.83. The largest absolute Gasteiger partial charge is 0.490 e. The Hall–Kier alpha value is -3.20. The number of carbonyl (C=O) groups excluding carboxylic acids is 2. The Morgan fingerprint density at radius 2 is 2.03 bits per heavy atom. The van der Waals surface area contributed by atoms with Gasteiger partial charge < -0.3 is 19.9 Å². The maximum absolute atomic E-state index is 13.3. The van der Waals surface area contributed by atoms with E-state index < -0.39 is 11.7 Å². The molecule has 9 heteroatoms. The number of halogens is 2. The fraction of sp³-hybridized carbons (Fsp3) is 0.190. The second-order valence-electron chi connectivity index (χ2n) is 6.32. The van der Waals surface area contributed by atoms with Gasteiger partial charge in [0.05, 0.1) is 24.1 Å². The molecule has 3 aromatic rings. The maximum Gasteiger partial charge on any atom is 0.252 e. The second kappa shape index (κ2) is 10.5. The molecule has 0 unspecified atom stereocenters. The Balaban J connectivity index is 1.47. The Kier molecular flexibility index (Phi) is 7.56. The van der Waals surface area contributed by atoms with E-state index in [0.717, 1.165) is 6.07 Å². The van der Waals surface area contributed by atoms with E-state index in [1.165, 1.54) is 12.1 Å². The van der Waals surface area contributed by atoms with Crippen LogP contribution in [0.3, 0.4) is 0 Å². The second-order valence-corrected chi connectivity index (χ2v) is 7.18. The van der Waals surface area contributed by atoms with Gasteiger partial charge in [-0.25, -0.2) is 9.37 Å². The van der Waals surface area contributed by atoms with Crippen molar-refractivity contribution in [2.45, 2.75) is 13.0 Å². The number of hydrogen-bond donors (Lipinski definition) is 2. The normalized spacial score (nSPS) is 10.5. The first kappa shape index (κ1) is 21.5. The molecule has 1 aromatic heterocycles. The zero-order valence-electron chi connectivity index (χ0n) is 16.0. The van der Waals surface area contributed by atoms with Crippen molar-refractivity contribution in [3.8, 4) is 5.75 Å². The van der Waals surface area contributed by atoms with Crippen molar-refractivity contribution in [2.24, 2.45) is 0 Å². The average Bonchev–Trinajstić information content (AvgIpc) is 3.24. The zero-order chi connectivity index (χ0) is 21.3. The quantitative estimate of drug-likeness (QED) is 0.495. The van der Waals surface area contributed by atoms with Gasteiger partial charge in [-0.1, -0.05) is 12.1 Å². The van der Waals surface area contributed by atoms with E-state index in [0.29, 0.717) is 29.1 Å². The lowest BCUT2D eigenvalue weighted by atomic mass is 10.2. The molecule has 1 heterocycles. The van der Waals surface area contributed by atoms with Crippen LogP contribution in [0.15, 0.2) is 65.7 Å². The molecule has 2 aromatic carbocycles. The maximum atomic E-state index is 13.3. The summed E-state index contributed by atoms with van der Waals surface area (Å²) < 4.78 is 21.5. The standard InChI is InChI=1S/C21H20BrFN4O3/c22-17-6-5-15(23)13-16(17)21(29)25-8-7-20(28)26-18-3-1-2-4-19(18)30-12-11-27-10-9-24-14-27/h1-6,9-10,13-14H,7-8,11-12H2,(H,25,29)(H,26,28). The first-order chi connectivity index (χ1) is 14.5. The van der Waals surface area contributed by atoms with Gasteiger partial charge in [0.25, 0.3) is 5.91 Å². The summed E-state index contributed by atoms with van der Waals surface area (Å²) in [6.45, 7) is 1.16. The Labute approximate surface area is 181 Å². The number of nitrogens with zero attached hydrogens (tertiary/aromatic N) is 2. The molecule has 0 saturated heterocycles. The highest BCUT2D eigenvalue weighted by Crippen LogP contribution is 2.24. The molecule has 3 rings (SSSR count). The van der Waals surface area contributed by atoms with Gasteiger partial charge in [0.1, 0.15) is 18.2 Å². The Morgan fingerprint density at radius 3 is 2.83 bits per heavy atom. The van der Waals surface area contributed by atoms with Crippen LogP contribution < -0.4 is 15.4 Å². The number of para-hydroxylation sites is 2. The van der Waals surface area contributed by atoms with Crippen LogP contribution in [-0.2, 0) is 11.3 Å². The molecule has 0 fully saturated rings. The van der Waals surface area contributed by atoms with Crippen LogP contribution in [-0.4, -0.2) is 34.5 Å². The predicted octanol–water partition coefficient (Wildman–Crippen LogP) is 3.62. The highest BCUT2D eigenvalue weighted by atomic mass is 79.9. The molecule has 0 atom stereocenters. The topological polar surface area (TPSA) is 85.3 Å². The SMILES string of the molecule is O=C(CCNC(=O)c1cc(F)ccc1Br)Nc1ccccc1OCCn1ccnc1. The van der Waals surface area contributed by atoms with Crippen LogP contribution in [0.2, 0.25) is 0 Å². The highest BCUT2D eigenvalue weighted by Gasteiger charge is 2.12. The third-order valence-electron chi connectivity index (χ3n) is 4.14. The summed E-state index contributed by atoms with van der Waals surface area (Å²) in [7, 11) is 0. The molecule has 0 aliphatic carbocycles. The zero-order valence-corrected chi connectivity index (χ0v) is 17.6. The van der Waals surface area contributed by atoms with Crippen molar-refractivity contribution in [2.75, 3.05) is 18.5 Å². The van der Waals surface area contributed by atoms with E-state index in [4.69, 9.17) is 4.74 Å². The molecule has 2 amide bonds. The van der Waals surface area contributed by atoms with Crippen LogP contribution in [0, 0.1) is 5.82 Å². The number of carbonyl (C=O) groups is 2. The van der Waals surface area contributed by atoms with Crippen LogP contribution >= 0.6 is 15.9 Å². The molecule has 7 nitrogen and oxygen atoms in total. The van der Waals surface area contributed by atoms with Crippen molar-refractivity contribution in [3.05, 3.63) is 77.0 Å². The molecule has 156 valence electrons. The Bertz CT molecular complexity index is 1010. The third kappa shape index (κ3) is 6.15. The highest BCUT2D eigenvalue weighted by molar-refractivity contribution is 9.10. The lowest BCUT2D eigenvalue weighted by Gasteiger charge is -2.13. The van der Waals surface area contributed by atoms with Crippen LogP contribution in [0.4, 0.5) is 10.1 Å². The summed E-state index contributed by atoms with van der Waals surface area (Å²) in [6, 6.07) is 11.0. The number of rotatable bonds is 9. The first-order valence-electron chi connectivity index (χ1n) is 9.23. The van der Waals surface area contributed by atoms with E-state index in [1.54, 1.807) is 30.7 Å². The van der Waals surface area contributed by atoms with Crippen LogP contribution in [0.5, 0.6) is 5.75 Å². The molecule has 30 heavy (non-hydrogen) atoms. The van der Waals surface area contributed by atoms with Crippen molar-refractivity contribution < 1.29 is 18.7 Å². The van der Waals surface area contributed by atoms with Crippen molar-refractivity contribution in [1.29, 1.82) is 0 Å². The number of nitrogens with one attached hydrogen (secondary N) is 2. The fourth-order valence-corrected chi connectivity index (χ4v) is 3.07.